The normalized spacial score (nSPS) is 19.1. The van der Waals surface area contributed by atoms with Crippen LogP contribution in [0.25, 0.3) is 0 Å². The Balaban J connectivity index is 0.00000180. The van der Waals surface area contributed by atoms with Crippen LogP contribution in [0, 0.1) is 5.82 Å². The smallest absolute Gasteiger partial charge is 0.240 e. The molecule has 0 aromatic heterocycles. The van der Waals surface area contributed by atoms with Crippen LogP contribution in [0.15, 0.2) is 29.2 Å². The molecule has 1 aliphatic heterocycles. The number of hydrogen-bond donors (Lipinski definition) is 2. The molecule has 1 aromatic rings. The van der Waals surface area contributed by atoms with Crippen molar-refractivity contribution < 1.29 is 12.8 Å². The van der Waals surface area contributed by atoms with Gasteiger partial charge < -0.3 is 5.32 Å². The van der Waals surface area contributed by atoms with Crippen LogP contribution in [0.1, 0.15) is 19.3 Å². The van der Waals surface area contributed by atoms with Gasteiger partial charge in [0.2, 0.25) is 10.0 Å². The van der Waals surface area contributed by atoms with Crippen molar-refractivity contribution in [1.82, 2.24) is 10.0 Å². The molecule has 4 nitrogen and oxygen atoms in total. The van der Waals surface area contributed by atoms with Gasteiger partial charge in [-0.05, 0) is 50.1 Å². The van der Waals surface area contributed by atoms with E-state index in [1.54, 1.807) is 0 Å². The first-order valence-corrected chi connectivity index (χ1v) is 7.55. The molecule has 0 amide bonds. The summed E-state index contributed by atoms with van der Waals surface area (Å²) in [7, 11) is -3.51. The molecule has 2 rings (SSSR count). The second-order valence-electron chi connectivity index (χ2n) is 4.43. The molecule has 1 aliphatic rings. The summed E-state index contributed by atoms with van der Waals surface area (Å²) in [5.41, 5.74) is 0. The summed E-state index contributed by atoms with van der Waals surface area (Å²) in [6.07, 6.45) is 3.02. The van der Waals surface area contributed by atoms with Crippen LogP contribution in [0.2, 0.25) is 0 Å². The summed E-state index contributed by atoms with van der Waals surface area (Å²) in [5.74, 6) is -0.441. The van der Waals surface area contributed by atoms with E-state index in [4.69, 9.17) is 0 Å². The predicted octanol–water partition coefficient (Wildman–Crippen LogP) is 1.67. The van der Waals surface area contributed by atoms with Crippen LogP contribution in [0.3, 0.4) is 0 Å². The molecule has 1 fully saturated rings. The summed E-state index contributed by atoms with van der Waals surface area (Å²) in [4.78, 5) is 0.100. The van der Waals surface area contributed by atoms with Gasteiger partial charge in [-0.3, -0.25) is 0 Å². The van der Waals surface area contributed by atoms with Gasteiger partial charge in [-0.1, -0.05) is 0 Å². The van der Waals surface area contributed by atoms with Gasteiger partial charge in [0.05, 0.1) is 4.90 Å². The zero-order valence-electron chi connectivity index (χ0n) is 10.4. The zero-order chi connectivity index (χ0) is 13.0. The van der Waals surface area contributed by atoms with Crippen LogP contribution in [-0.4, -0.2) is 27.5 Å². The minimum Gasteiger partial charge on any atom is -0.314 e. The predicted molar refractivity (Wildman–Crippen MR) is 74.5 cm³/mol. The Morgan fingerprint density at radius 3 is 2.58 bits per heavy atom. The molecule has 0 radical (unpaired) electrons. The maximum Gasteiger partial charge on any atom is 0.240 e. The Labute approximate surface area is 119 Å². The van der Waals surface area contributed by atoms with Gasteiger partial charge in [-0.2, -0.15) is 0 Å². The van der Waals surface area contributed by atoms with E-state index in [2.05, 4.69) is 10.0 Å². The van der Waals surface area contributed by atoms with Crippen LogP contribution in [-0.2, 0) is 10.0 Å². The van der Waals surface area contributed by atoms with Crippen molar-refractivity contribution in [2.45, 2.75) is 30.2 Å². The summed E-state index contributed by atoms with van der Waals surface area (Å²) in [6.45, 7) is 1.41. The van der Waals surface area contributed by atoms with Crippen LogP contribution < -0.4 is 10.0 Å². The first-order valence-electron chi connectivity index (χ1n) is 6.06. The minimum absolute atomic E-state index is 0. The highest BCUT2D eigenvalue weighted by Gasteiger charge is 2.17. The Morgan fingerprint density at radius 1 is 1.32 bits per heavy atom. The van der Waals surface area contributed by atoms with Gasteiger partial charge in [0, 0.05) is 12.6 Å². The summed E-state index contributed by atoms with van der Waals surface area (Å²) in [6, 6.07) is 5.23. The average molecular weight is 309 g/mol. The fraction of sp³-hybridized carbons (Fsp3) is 0.500. The maximum absolute atomic E-state index is 12.7. The third kappa shape index (κ3) is 4.72. The second kappa shape index (κ2) is 7.19. The van der Waals surface area contributed by atoms with Crippen LogP contribution in [0.5, 0.6) is 0 Å². The molecule has 1 saturated heterocycles. The van der Waals surface area contributed by atoms with E-state index in [1.807, 2.05) is 0 Å². The molecule has 0 aliphatic carbocycles. The molecular formula is C12H18ClFN2O2S. The standard InChI is InChI=1S/C12H17FN2O2S.ClH/c13-10-3-5-12(6-4-10)18(16,17)15-9-7-11-2-1-8-14-11;/h3-6,11,14-15H,1-2,7-9H2;1H/t11-;/m1./s1. The first-order chi connectivity index (χ1) is 8.58. The first kappa shape index (κ1) is 16.4. The third-order valence-corrected chi connectivity index (χ3v) is 4.55. The van der Waals surface area contributed by atoms with Gasteiger partial charge in [0.15, 0.2) is 0 Å². The third-order valence-electron chi connectivity index (χ3n) is 3.07. The highest BCUT2D eigenvalue weighted by molar-refractivity contribution is 7.89. The Kier molecular flexibility index (Phi) is 6.19. The molecule has 1 heterocycles. The molecule has 7 heteroatoms. The quantitative estimate of drug-likeness (QED) is 0.870. The number of halogens is 2. The van der Waals surface area contributed by atoms with Gasteiger partial charge in [0.1, 0.15) is 5.82 Å². The molecule has 0 bridgehead atoms. The van der Waals surface area contributed by atoms with Crippen LogP contribution >= 0.6 is 12.4 Å². The molecule has 1 atom stereocenters. The lowest BCUT2D eigenvalue weighted by Gasteiger charge is -2.11. The molecular weight excluding hydrogens is 291 g/mol. The van der Waals surface area contributed by atoms with Crippen molar-refractivity contribution in [3.8, 4) is 0 Å². The second-order valence-corrected chi connectivity index (χ2v) is 6.20. The number of sulfonamides is 1. The lowest BCUT2D eigenvalue weighted by Crippen LogP contribution is -2.30. The van der Waals surface area contributed by atoms with E-state index in [-0.39, 0.29) is 17.3 Å². The molecule has 19 heavy (non-hydrogen) atoms. The Hall–Kier alpha value is -0.690. The summed E-state index contributed by atoms with van der Waals surface area (Å²) in [5, 5.41) is 3.31. The SMILES string of the molecule is Cl.O=S(=O)(NCC[C@H]1CCCN1)c1ccc(F)cc1. The molecule has 1 aromatic carbocycles. The van der Waals surface area contributed by atoms with Crippen molar-refractivity contribution in [2.24, 2.45) is 0 Å². The molecule has 2 N–H and O–H groups in total. The van der Waals surface area contributed by atoms with E-state index in [0.29, 0.717) is 12.6 Å². The van der Waals surface area contributed by atoms with Gasteiger partial charge in [-0.15, -0.1) is 12.4 Å². The molecule has 0 spiro atoms. The highest BCUT2D eigenvalue weighted by Crippen LogP contribution is 2.11. The van der Waals surface area contributed by atoms with E-state index < -0.39 is 15.8 Å². The van der Waals surface area contributed by atoms with Crippen molar-refractivity contribution >= 4 is 22.4 Å². The van der Waals surface area contributed by atoms with Crippen molar-refractivity contribution in [2.75, 3.05) is 13.1 Å². The monoisotopic (exact) mass is 308 g/mol. The van der Waals surface area contributed by atoms with Gasteiger partial charge >= 0.3 is 0 Å². The number of benzene rings is 1. The van der Waals surface area contributed by atoms with Crippen molar-refractivity contribution in [3.05, 3.63) is 30.1 Å². The Bertz CT molecular complexity index is 487. The van der Waals surface area contributed by atoms with Crippen molar-refractivity contribution in [3.63, 3.8) is 0 Å². The molecule has 0 unspecified atom stereocenters. The number of rotatable bonds is 5. The van der Waals surface area contributed by atoms with E-state index in [0.717, 1.165) is 37.9 Å². The largest absolute Gasteiger partial charge is 0.314 e. The summed E-state index contributed by atoms with van der Waals surface area (Å²) < 4.78 is 39.0. The highest BCUT2D eigenvalue weighted by atomic mass is 35.5. The lowest BCUT2D eigenvalue weighted by atomic mass is 10.2. The minimum atomic E-state index is -3.51. The average Bonchev–Trinajstić information content (AvgIpc) is 2.82. The zero-order valence-corrected chi connectivity index (χ0v) is 12.1. The summed E-state index contributed by atoms with van der Waals surface area (Å²) >= 11 is 0. The van der Waals surface area contributed by atoms with E-state index in [1.165, 1.54) is 12.1 Å². The molecule has 108 valence electrons. The van der Waals surface area contributed by atoms with Crippen LogP contribution in [0.4, 0.5) is 4.39 Å². The Morgan fingerprint density at radius 2 is 2.00 bits per heavy atom. The fourth-order valence-electron chi connectivity index (χ4n) is 2.07. The number of hydrogen-bond acceptors (Lipinski definition) is 3. The van der Waals surface area contributed by atoms with Gasteiger partial charge in [-0.25, -0.2) is 17.5 Å². The van der Waals surface area contributed by atoms with E-state index in [9.17, 15) is 12.8 Å². The lowest BCUT2D eigenvalue weighted by molar-refractivity contribution is 0.539. The van der Waals surface area contributed by atoms with Crippen molar-refractivity contribution in [1.29, 1.82) is 0 Å². The fourth-order valence-corrected chi connectivity index (χ4v) is 3.12. The topological polar surface area (TPSA) is 58.2 Å². The van der Waals surface area contributed by atoms with Gasteiger partial charge in [0.25, 0.3) is 0 Å². The molecule has 0 saturated carbocycles. The number of nitrogens with one attached hydrogen (secondary N) is 2. The maximum atomic E-state index is 12.7. The van der Waals surface area contributed by atoms with E-state index >= 15 is 0 Å².